The van der Waals surface area contributed by atoms with Crippen molar-refractivity contribution in [2.24, 2.45) is 0 Å². The Morgan fingerprint density at radius 3 is 2.74 bits per heavy atom. The topological polar surface area (TPSA) is 76.6 Å². The molecule has 2 aromatic heterocycles. The summed E-state index contributed by atoms with van der Waals surface area (Å²) in [5, 5.41) is 3.33. The minimum Gasteiger partial charge on any atom is -0.489 e. The molecule has 2 saturated heterocycles. The van der Waals surface area contributed by atoms with Gasteiger partial charge in [0, 0.05) is 44.9 Å². The van der Waals surface area contributed by atoms with Crippen LogP contribution in [0.4, 0.5) is 5.82 Å². The number of anilines is 1. The SMILES string of the molecule is O=C(c1ccc(NC2CCOC2)nc1)N1CCC(Oc2cccnc2)CC1. The molecule has 4 rings (SSSR count). The average Bonchev–Trinajstić information content (AvgIpc) is 3.22. The molecule has 0 aromatic carbocycles. The van der Waals surface area contributed by atoms with Gasteiger partial charge in [0.1, 0.15) is 17.7 Å². The van der Waals surface area contributed by atoms with Crippen molar-refractivity contribution in [3.05, 3.63) is 48.4 Å². The summed E-state index contributed by atoms with van der Waals surface area (Å²) < 4.78 is 11.3. The minimum atomic E-state index is 0.0260. The van der Waals surface area contributed by atoms with Gasteiger partial charge in [-0.3, -0.25) is 9.78 Å². The molecule has 0 saturated carbocycles. The number of amides is 1. The number of piperidine rings is 1. The largest absolute Gasteiger partial charge is 0.489 e. The number of rotatable bonds is 5. The Hall–Kier alpha value is -2.67. The number of aromatic nitrogens is 2. The number of hydrogen-bond donors (Lipinski definition) is 1. The Kier molecular flexibility index (Phi) is 5.48. The molecule has 0 radical (unpaired) electrons. The number of ether oxygens (including phenoxy) is 2. The molecule has 1 N–H and O–H groups in total. The highest BCUT2D eigenvalue weighted by Gasteiger charge is 2.25. The normalized spacial score (nSPS) is 20.4. The summed E-state index contributed by atoms with van der Waals surface area (Å²) in [5.74, 6) is 1.59. The zero-order chi connectivity index (χ0) is 18.5. The molecule has 2 fully saturated rings. The minimum absolute atomic E-state index is 0.0260. The summed E-state index contributed by atoms with van der Waals surface area (Å²) in [5.41, 5.74) is 0.620. The summed E-state index contributed by atoms with van der Waals surface area (Å²) in [6.45, 7) is 2.86. The third-order valence-electron chi connectivity index (χ3n) is 4.96. The van der Waals surface area contributed by atoms with Crippen LogP contribution in [0.5, 0.6) is 5.75 Å². The quantitative estimate of drug-likeness (QED) is 0.873. The van der Waals surface area contributed by atoms with Gasteiger partial charge >= 0.3 is 0 Å². The van der Waals surface area contributed by atoms with Gasteiger partial charge in [-0.25, -0.2) is 4.98 Å². The van der Waals surface area contributed by atoms with Gasteiger partial charge in [0.15, 0.2) is 0 Å². The Bertz CT molecular complexity index is 740. The first-order valence-electron chi connectivity index (χ1n) is 9.44. The second-order valence-electron chi connectivity index (χ2n) is 6.94. The van der Waals surface area contributed by atoms with E-state index in [4.69, 9.17) is 9.47 Å². The highest BCUT2D eigenvalue weighted by molar-refractivity contribution is 5.94. The lowest BCUT2D eigenvalue weighted by atomic mass is 10.1. The van der Waals surface area contributed by atoms with Crippen molar-refractivity contribution in [1.82, 2.24) is 14.9 Å². The van der Waals surface area contributed by atoms with E-state index in [-0.39, 0.29) is 12.0 Å². The number of likely N-dealkylation sites (tertiary alicyclic amines) is 1. The van der Waals surface area contributed by atoms with E-state index < -0.39 is 0 Å². The molecule has 2 aliphatic heterocycles. The van der Waals surface area contributed by atoms with Gasteiger partial charge in [0.2, 0.25) is 0 Å². The summed E-state index contributed by atoms with van der Waals surface area (Å²) in [6, 6.07) is 7.77. The summed E-state index contributed by atoms with van der Waals surface area (Å²) in [4.78, 5) is 23.0. The first kappa shape index (κ1) is 17.7. The van der Waals surface area contributed by atoms with Gasteiger partial charge in [0.05, 0.1) is 24.4 Å². The van der Waals surface area contributed by atoms with Crippen LogP contribution in [0.15, 0.2) is 42.9 Å². The Balaban J connectivity index is 1.28. The van der Waals surface area contributed by atoms with E-state index >= 15 is 0 Å². The fourth-order valence-corrected chi connectivity index (χ4v) is 3.43. The molecule has 7 nitrogen and oxygen atoms in total. The number of carbonyl (C=O) groups is 1. The van der Waals surface area contributed by atoms with E-state index in [9.17, 15) is 4.79 Å². The number of nitrogens with zero attached hydrogens (tertiary/aromatic N) is 3. The lowest BCUT2D eigenvalue weighted by molar-refractivity contribution is 0.0594. The number of hydrogen-bond acceptors (Lipinski definition) is 6. The van der Waals surface area contributed by atoms with Gasteiger partial charge in [-0.05, 0) is 30.7 Å². The summed E-state index contributed by atoms with van der Waals surface area (Å²) >= 11 is 0. The lowest BCUT2D eigenvalue weighted by Crippen LogP contribution is -2.41. The molecule has 1 unspecified atom stereocenters. The third-order valence-corrected chi connectivity index (χ3v) is 4.96. The first-order chi connectivity index (χ1) is 13.3. The maximum atomic E-state index is 12.7. The zero-order valence-corrected chi connectivity index (χ0v) is 15.2. The molecular formula is C20H24N4O3. The van der Waals surface area contributed by atoms with Crippen molar-refractivity contribution < 1.29 is 14.3 Å². The maximum Gasteiger partial charge on any atom is 0.255 e. The van der Waals surface area contributed by atoms with Gasteiger partial charge in [-0.1, -0.05) is 0 Å². The van der Waals surface area contributed by atoms with E-state index in [2.05, 4.69) is 15.3 Å². The van der Waals surface area contributed by atoms with Crippen molar-refractivity contribution in [1.29, 1.82) is 0 Å². The van der Waals surface area contributed by atoms with Crippen LogP contribution in [0.1, 0.15) is 29.6 Å². The zero-order valence-electron chi connectivity index (χ0n) is 15.2. The van der Waals surface area contributed by atoms with Crippen LogP contribution in [0.2, 0.25) is 0 Å². The molecule has 4 heterocycles. The second-order valence-corrected chi connectivity index (χ2v) is 6.94. The molecule has 7 heteroatoms. The molecule has 1 amide bonds. The predicted molar refractivity (Wildman–Crippen MR) is 101 cm³/mol. The van der Waals surface area contributed by atoms with Crippen LogP contribution in [-0.4, -0.2) is 59.2 Å². The Morgan fingerprint density at radius 2 is 2.07 bits per heavy atom. The van der Waals surface area contributed by atoms with Gasteiger partial charge < -0.3 is 19.7 Å². The number of pyridine rings is 2. The van der Waals surface area contributed by atoms with Crippen molar-refractivity contribution in [2.75, 3.05) is 31.6 Å². The molecule has 0 bridgehead atoms. The first-order valence-corrected chi connectivity index (χ1v) is 9.44. The van der Waals surface area contributed by atoms with E-state index in [1.165, 1.54) is 0 Å². The van der Waals surface area contributed by atoms with Crippen molar-refractivity contribution in [2.45, 2.75) is 31.4 Å². The second kappa shape index (κ2) is 8.35. The van der Waals surface area contributed by atoms with Crippen LogP contribution in [0.25, 0.3) is 0 Å². The predicted octanol–water partition coefficient (Wildman–Crippen LogP) is 2.36. The van der Waals surface area contributed by atoms with E-state index in [1.54, 1.807) is 18.6 Å². The number of carbonyl (C=O) groups excluding carboxylic acids is 1. The molecule has 2 aromatic rings. The smallest absolute Gasteiger partial charge is 0.255 e. The molecule has 0 spiro atoms. The standard InChI is InChI=1S/C20H24N4O3/c25-20(15-3-4-19(22-12-15)23-16-7-11-26-14-16)24-9-5-17(6-10-24)27-18-2-1-8-21-13-18/h1-4,8,12-13,16-17H,5-7,9-11,14H2,(H,22,23). The lowest BCUT2D eigenvalue weighted by Gasteiger charge is -2.32. The molecule has 1 atom stereocenters. The van der Waals surface area contributed by atoms with Gasteiger partial charge in [-0.2, -0.15) is 0 Å². The van der Waals surface area contributed by atoms with Gasteiger partial charge in [-0.15, -0.1) is 0 Å². The molecular weight excluding hydrogens is 344 g/mol. The Morgan fingerprint density at radius 1 is 1.19 bits per heavy atom. The van der Waals surface area contributed by atoms with Crippen LogP contribution in [0.3, 0.4) is 0 Å². The monoisotopic (exact) mass is 368 g/mol. The van der Waals surface area contributed by atoms with Gasteiger partial charge in [0.25, 0.3) is 5.91 Å². The van der Waals surface area contributed by atoms with Crippen LogP contribution in [0, 0.1) is 0 Å². The molecule has 27 heavy (non-hydrogen) atoms. The number of nitrogens with one attached hydrogen (secondary N) is 1. The highest BCUT2D eigenvalue weighted by atomic mass is 16.5. The van der Waals surface area contributed by atoms with E-state index in [0.717, 1.165) is 37.4 Å². The fourth-order valence-electron chi connectivity index (χ4n) is 3.43. The maximum absolute atomic E-state index is 12.7. The molecule has 142 valence electrons. The average molecular weight is 368 g/mol. The Labute approximate surface area is 158 Å². The third kappa shape index (κ3) is 4.54. The van der Waals surface area contributed by atoms with Crippen LogP contribution in [-0.2, 0) is 4.74 Å². The van der Waals surface area contributed by atoms with E-state index in [1.807, 2.05) is 29.2 Å². The summed E-state index contributed by atoms with van der Waals surface area (Å²) in [6.07, 6.45) is 7.83. The highest BCUT2D eigenvalue weighted by Crippen LogP contribution is 2.20. The van der Waals surface area contributed by atoms with Crippen LogP contribution >= 0.6 is 0 Å². The fraction of sp³-hybridized carbons (Fsp3) is 0.450. The van der Waals surface area contributed by atoms with Crippen LogP contribution < -0.4 is 10.1 Å². The van der Waals surface area contributed by atoms with Crippen molar-refractivity contribution in [3.63, 3.8) is 0 Å². The summed E-state index contributed by atoms with van der Waals surface area (Å²) in [7, 11) is 0. The molecule has 0 aliphatic carbocycles. The van der Waals surface area contributed by atoms with Crippen molar-refractivity contribution >= 4 is 11.7 Å². The molecule has 2 aliphatic rings. The van der Waals surface area contributed by atoms with E-state index in [0.29, 0.717) is 31.3 Å². The van der Waals surface area contributed by atoms with Crippen molar-refractivity contribution in [3.8, 4) is 5.75 Å².